The van der Waals surface area contributed by atoms with Gasteiger partial charge in [-0.25, -0.2) is 4.99 Å². The Kier molecular flexibility index (Phi) is 2.26. The van der Waals surface area contributed by atoms with Crippen molar-refractivity contribution in [1.29, 1.82) is 0 Å². The Morgan fingerprint density at radius 2 is 2.29 bits per heavy atom. The van der Waals surface area contributed by atoms with Crippen LogP contribution in [0.25, 0.3) is 0 Å². The molecule has 1 aromatic carbocycles. The van der Waals surface area contributed by atoms with E-state index in [0.717, 1.165) is 16.7 Å². The van der Waals surface area contributed by atoms with Gasteiger partial charge < -0.3 is 4.90 Å². The number of rotatable bonds is 0. The van der Waals surface area contributed by atoms with Crippen LogP contribution in [0.3, 0.4) is 0 Å². The highest BCUT2D eigenvalue weighted by atomic mass is 79.9. The van der Waals surface area contributed by atoms with Gasteiger partial charge in [-0.3, -0.25) is 10.1 Å². The zero-order chi connectivity index (χ0) is 12.2. The van der Waals surface area contributed by atoms with Gasteiger partial charge in [0.2, 0.25) is 11.9 Å². The topological polar surface area (TPSA) is 44.7 Å². The zero-order valence-corrected chi connectivity index (χ0v) is 11.2. The van der Waals surface area contributed by atoms with Crippen molar-refractivity contribution in [2.45, 2.75) is 26.4 Å². The van der Waals surface area contributed by atoms with Gasteiger partial charge >= 0.3 is 0 Å². The summed E-state index contributed by atoms with van der Waals surface area (Å²) in [6.45, 7) is 4.70. The first-order chi connectivity index (χ1) is 8.08. The Morgan fingerprint density at radius 1 is 1.53 bits per heavy atom. The molecule has 1 amide bonds. The summed E-state index contributed by atoms with van der Waals surface area (Å²) < 4.78 is 1.08. The van der Waals surface area contributed by atoms with Crippen molar-refractivity contribution in [2.75, 3.05) is 0 Å². The van der Waals surface area contributed by atoms with Crippen LogP contribution in [0.2, 0.25) is 0 Å². The Hall–Kier alpha value is -1.36. The monoisotopic (exact) mass is 293 g/mol. The number of nitrogens with one attached hydrogen (secondary N) is 1. The summed E-state index contributed by atoms with van der Waals surface area (Å²) in [5, 5.41) is 2.81. The van der Waals surface area contributed by atoms with Crippen LogP contribution in [0.4, 0.5) is 5.69 Å². The summed E-state index contributed by atoms with van der Waals surface area (Å²) >= 11 is 3.52. The molecule has 2 aliphatic rings. The fraction of sp³-hybridized carbons (Fsp3) is 0.333. The molecule has 0 radical (unpaired) electrons. The molecule has 1 aromatic rings. The van der Waals surface area contributed by atoms with Crippen LogP contribution in [0.5, 0.6) is 0 Å². The predicted molar refractivity (Wildman–Crippen MR) is 69.1 cm³/mol. The second-order valence-electron chi connectivity index (χ2n) is 4.40. The lowest BCUT2D eigenvalue weighted by atomic mass is 10.0. The lowest BCUT2D eigenvalue weighted by Gasteiger charge is -2.27. The summed E-state index contributed by atoms with van der Waals surface area (Å²) in [6, 6.07) is 3.83. The lowest BCUT2D eigenvalue weighted by Crippen LogP contribution is -2.35. The third kappa shape index (κ3) is 1.49. The quantitative estimate of drug-likeness (QED) is 0.796. The molecule has 0 aromatic heterocycles. The largest absolute Gasteiger partial charge is 0.326 e. The van der Waals surface area contributed by atoms with Gasteiger partial charge in [-0.1, -0.05) is 15.9 Å². The SMILES string of the molecule is Cc1c(Br)ccc2c1CN1C(=N2)NC(=O)[C@@H]1C. The average molecular weight is 294 g/mol. The lowest BCUT2D eigenvalue weighted by molar-refractivity contribution is -0.121. The summed E-state index contributed by atoms with van der Waals surface area (Å²) in [7, 11) is 0. The molecular formula is C12H12BrN3O. The second kappa shape index (κ2) is 3.57. The molecule has 5 heteroatoms. The minimum atomic E-state index is -0.139. The number of halogens is 1. The van der Waals surface area contributed by atoms with Gasteiger partial charge in [0.25, 0.3) is 0 Å². The molecule has 0 unspecified atom stereocenters. The van der Waals surface area contributed by atoms with Crippen LogP contribution >= 0.6 is 15.9 Å². The fourth-order valence-electron chi connectivity index (χ4n) is 2.22. The molecule has 0 saturated carbocycles. The molecule has 0 aliphatic carbocycles. The van der Waals surface area contributed by atoms with Crippen LogP contribution < -0.4 is 5.32 Å². The number of amides is 1. The molecule has 4 nitrogen and oxygen atoms in total. The smallest absolute Gasteiger partial charge is 0.249 e. The van der Waals surface area contributed by atoms with E-state index in [0.29, 0.717) is 5.96 Å². The van der Waals surface area contributed by atoms with Gasteiger partial charge in [0.1, 0.15) is 6.04 Å². The van der Waals surface area contributed by atoms with E-state index in [1.54, 1.807) is 0 Å². The van der Waals surface area contributed by atoms with Crippen LogP contribution in [0.1, 0.15) is 18.1 Å². The van der Waals surface area contributed by atoms with Crippen molar-refractivity contribution in [3.8, 4) is 0 Å². The maximum absolute atomic E-state index is 11.6. The van der Waals surface area contributed by atoms with E-state index < -0.39 is 0 Å². The summed E-state index contributed by atoms with van der Waals surface area (Å²) in [6.07, 6.45) is 0. The number of hydrogen-bond donors (Lipinski definition) is 1. The second-order valence-corrected chi connectivity index (χ2v) is 5.25. The summed E-state index contributed by atoms with van der Waals surface area (Å²) in [5.74, 6) is 0.699. The molecular weight excluding hydrogens is 282 g/mol. The highest BCUT2D eigenvalue weighted by Gasteiger charge is 2.36. The van der Waals surface area contributed by atoms with E-state index >= 15 is 0 Å². The first-order valence-electron chi connectivity index (χ1n) is 5.52. The fourth-order valence-corrected chi connectivity index (χ4v) is 2.59. The van der Waals surface area contributed by atoms with Gasteiger partial charge in [0.05, 0.1) is 5.69 Å². The molecule has 1 N–H and O–H groups in total. The van der Waals surface area contributed by atoms with Gasteiger partial charge in [-0.2, -0.15) is 0 Å². The normalized spacial score (nSPS) is 21.8. The Labute approximate surface area is 108 Å². The number of carbonyl (C=O) groups is 1. The maximum atomic E-state index is 11.6. The van der Waals surface area contributed by atoms with E-state index in [1.165, 1.54) is 11.1 Å². The standard InChI is InChI=1S/C12H12BrN3O/c1-6-8-5-16-7(2)11(17)15-12(16)14-10(8)4-3-9(6)13/h3-4,7H,5H2,1-2H3,(H,14,15,17)/t7-/m0/s1. The third-order valence-electron chi connectivity index (χ3n) is 3.42. The molecule has 0 bridgehead atoms. The van der Waals surface area contributed by atoms with E-state index in [2.05, 4.69) is 33.2 Å². The van der Waals surface area contributed by atoms with Gasteiger partial charge in [-0.15, -0.1) is 0 Å². The van der Waals surface area contributed by atoms with Crippen LogP contribution in [0, 0.1) is 6.92 Å². The number of benzene rings is 1. The van der Waals surface area contributed by atoms with E-state index in [-0.39, 0.29) is 11.9 Å². The van der Waals surface area contributed by atoms with Crippen LogP contribution in [0.15, 0.2) is 21.6 Å². The number of aliphatic imine (C=N–C) groups is 1. The molecule has 1 saturated heterocycles. The maximum Gasteiger partial charge on any atom is 0.249 e. The Bertz CT molecular complexity index is 553. The molecule has 0 spiro atoms. The average Bonchev–Trinajstić information content (AvgIpc) is 2.58. The number of carbonyl (C=O) groups excluding carboxylic acids is 1. The molecule has 2 heterocycles. The van der Waals surface area contributed by atoms with Gasteiger partial charge in [-0.05, 0) is 31.5 Å². The van der Waals surface area contributed by atoms with Crippen molar-refractivity contribution in [3.63, 3.8) is 0 Å². The van der Waals surface area contributed by atoms with Crippen LogP contribution in [-0.4, -0.2) is 22.8 Å². The van der Waals surface area contributed by atoms with Crippen molar-refractivity contribution in [2.24, 2.45) is 4.99 Å². The van der Waals surface area contributed by atoms with Crippen LogP contribution in [-0.2, 0) is 11.3 Å². The highest BCUT2D eigenvalue weighted by Crippen LogP contribution is 2.34. The summed E-state index contributed by atoms with van der Waals surface area (Å²) in [5.41, 5.74) is 3.33. The molecule has 88 valence electrons. The third-order valence-corrected chi connectivity index (χ3v) is 4.28. The minimum absolute atomic E-state index is 0.0216. The zero-order valence-electron chi connectivity index (χ0n) is 9.62. The minimum Gasteiger partial charge on any atom is -0.326 e. The number of fused-ring (bicyclic) bond motifs is 2. The van der Waals surface area contributed by atoms with E-state index in [1.807, 2.05) is 24.0 Å². The van der Waals surface area contributed by atoms with Gasteiger partial charge in [0, 0.05) is 16.6 Å². The van der Waals surface area contributed by atoms with Crippen molar-refractivity contribution in [1.82, 2.24) is 10.2 Å². The predicted octanol–water partition coefficient (Wildman–Crippen LogP) is 2.08. The number of guanidine groups is 1. The molecule has 1 atom stereocenters. The Balaban J connectivity index is 2.12. The molecule has 3 rings (SSSR count). The van der Waals surface area contributed by atoms with Gasteiger partial charge in [0.15, 0.2) is 0 Å². The summed E-state index contributed by atoms with van der Waals surface area (Å²) in [4.78, 5) is 18.1. The van der Waals surface area contributed by atoms with Crippen molar-refractivity contribution >= 4 is 33.5 Å². The van der Waals surface area contributed by atoms with Crippen molar-refractivity contribution in [3.05, 3.63) is 27.7 Å². The van der Waals surface area contributed by atoms with Crippen molar-refractivity contribution < 1.29 is 4.79 Å². The molecule has 17 heavy (non-hydrogen) atoms. The molecule has 2 aliphatic heterocycles. The highest BCUT2D eigenvalue weighted by molar-refractivity contribution is 9.10. The van der Waals surface area contributed by atoms with E-state index in [4.69, 9.17) is 0 Å². The number of nitrogens with zero attached hydrogens (tertiary/aromatic N) is 2. The molecule has 1 fully saturated rings. The van der Waals surface area contributed by atoms with E-state index in [9.17, 15) is 4.79 Å². The Morgan fingerprint density at radius 3 is 3.06 bits per heavy atom. The first-order valence-corrected chi connectivity index (χ1v) is 6.31. The first kappa shape index (κ1) is 10.8. The number of hydrogen-bond acceptors (Lipinski definition) is 3.